The number of rotatable bonds is 3. The Labute approximate surface area is 131 Å². The highest BCUT2D eigenvalue weighted by Gasteiger charge is 2.29. The number of sulfonamides is 1. The first kappa shape index (κ1) is 16.9. The van der Waals surface area contributed by atoms with Crippen molar-refractivity contribution in [2.75, 3.05) is 19.3 Å². The third kappa shape index (κ3) is 4.18. The van der Waals surface area contributed by atoms with E-state index in [-0.39, 0.29) is 10.3 Å². The van der Waals surface area contributed by atoms with Gasteiger partial charge in [-0.1, -0.05) is 20.8 Å². The highest BCUT2D eigenvalue weighted by atomic mass is 79.9. The predicted molar refractivity (Wildman–Crippen MR) is 85.5 cm³/mol. The maximum atomic E-state index is 12.6. The lowest BCUT2D eigenvalue weighted by molar-refractivity contribution is 0.310. The molecule has 0 bridgehead atoms. The number of halogens is 2. The summed E-state index contributed by atoms with van der Waals surface area (Å²) < 4.78 is 27.4. The van der Waals surface area contributed by atoms with Gasteiger partial charge < -0.3 is 5.73 Å². The smallest absolute Gasteiger partial charge is 0.245 e. The summed E-state index contributed by atoms with van der Waals surface area (Å²) in [5, 5.41) is 0. The van der Waals surface area contributed by atoms with Gasteiger partial charge in [0.15, 0.2) is 0 Å². The van der Waals surface area contributed by atoms with Crippen molar-refractivity contribution in [3.05, 3.63) is 21.1 Å². The van der Waals surface area contributed by atoms with Crippen molar-refractivity contribution >= 4 is 47.6 Å². The Balaban J connectivity index is 3.29. The van der Waals surface area contributed by atoms with Gasteiger partial charge in [0.1, 0.15) is 4.90 Å². The van der Waals surface area contributed by atoms with E-state index in [4.69, 9.17) is 5.73 Å². The maximum absolute atomic E-state index is 12.6. The van der Waals surface area contributed by atoms with E-state index in [9.17, 15) is 8.42 Å². The van der Waals surface area contributed by atoms with Crippen molar-refractivity contribution in [1.29, 1.82) is 0 Å². The molecule has 0 aliphatic rings. The van der Waals surface area contributed by atoms with Gasteiger partial charge in [-0.3, -0.25) is 0 Å². The molecule has 108 valence electrons. The number of anilines is 1. The molecule has 0 radical (unpaired) electrons. The fraction of sp³-hybridized carbons (Fsp3) is 0.500. The zero-order chi connectivity index (χ0) is 15.0. The van der Waals surface area contributed by atoms with E-state index in [2.05, 4.69) is 31.9 Å². The van der Waals surface area contributed by atoms with Gasteiger partial charge in [0, 0.05) is 28.2 Å². The predicted octanol–water partition coefficient (Wildman–Crippen LogP) is 3.46. The average molecular weight is 414 g/mol. The molecule has 1 aromatic rings. The fourth-order valence-corrected chi connectivity index (χ4v) is 5.66. The third-order valence-electron chi connectivity index (χ3n) is 2.39. The Morgan fingerprint density at radius 2 is 1.63 bits per heavy atom. The van der Waals surface area contributed by atoms with Crippen LogP contribution in [0.5, 0.6) is 0 Å². The lowest BCUT2D eigenvalue weighted by Gasteiger charge is -2.26. The van der Waals surface area contributed by atoms with Crippen molar-refractivity contribution in [2.24, 2.45) is 5.41 Å². The highest BCUT2D eigenvalue weighted by Crippen LogP contribution is 2.34. The molecule has 0 saturated carbocycles. The van der Waals surface area contributed by atoms with Crippen LogP contribution in [0.25, 0.3) is 0 Å². The van der Waals surface area contributed by atoms with Crippen molar-refractivity contribution in [3.8, 4) is 0 Å². The van der Waals surface area contributed by atoms with Gasteiger partial charge in [0.2, 0.25) is 10.0 Å². The summed E-state index contributed by atoms with van der Waals surface area (Å²) in [5.74, 6) is 0. The summed E-state index contributed by atoms with van der Waals surface area (Å²) in [4.78, 5) is 0.202. The molecule has 2 N–H and O–H groups in total. The van der Waals surface area contributed by atoms with Crippen molar-refractivity contribution < 1.29 is 8.42 Å². The van der Waals surface area contributed by atoms with Crippen LogP contribution < -0.4 is 5.73 Å². The van der Waals surface area contributed by atoms with Gasteiger partial charge in [0.25, 0.3) is 0 Å². The zero-order valence-electron chi connectivity index (χ0n) is 11.4. The molecule has 0 saturated heterocycles. The number of benzene rings is 1. The molecular formula is C12H18Br2N2O2S. The lowest BCUT2D eigenvalue weighted by atomic mass is 9.97. The number of hydrogen-bond acceptors (Lipinski definition) is 3. The van der Waals surface area contributed by atoms with Crippen LogP contribution in [0.15, 0.2) is 26.0 Å². The van der Waals surface area contributed by atoms with Gasteiger partial charge in [-0.15, -0.1) is 0 Å². The Kier molecular flexibility index (Phi) is 5.09. The molecule has 0 spiro atoms. The van der Waals surface area contributed by atoms with E-state index in [1.54, 1.807) is 19.2 Å². The van der Waals surface area contributed by atoms with Gasteiger partial charge >= 0.3 is 0 Å². The zero-order valence-corrected chi connectivity index (χ0v) is 15.4. The number of nitrogens with zero attached hydrogens (tertiary/aromatic N) is 1. The van der Waals surface area contributed by atoms with E-state index < -0.39 is 10.0 Å². The lowest BCUT2D eigenvalue weighted by Crippen LogP contribution is -2.34. The second-order valence-corrected chi connectivity index (χ2v) is 9.33. The minimum Gasteiger partial charge on any atom is -0.399 e. The fourth-order valence-electron chi connectivity index (χ4n) is 1.73. The SMILES string of the molecule is CN(CC(C)(C)C)S(=O)(=O)c1c(Br)cc(N)cc1Br. The Hall–Kier alpha value is -0.110. The molecule has 1 aromatic carbocycles. The summed E-state index contributed by atoms with van der Waals surface area (Å²) in [7, 11) is -1.99. The van der Waals surface area contributed by atoms with Crippen molar-refractivity contribution in [2.45, 2.75) is 25.7 Å². The molecule has 7 heteroatoms. The van der Waals surface area contributed by atoms with Gasteiger partial charge in [-0.25, -0.2) is 12.7 Å². The van der Waals surface area contributed by atoms with E-state index in [0.717, 1.165) is 0 Å². The molecule has 0 aromatic heterocycles. The molecule has 1 rings (SSSR count). The van der Waals surface area contributed by atoms with Crippen LogP contribution in [0.2, 0.25) is 0 Å². The second-order valence-electron chi connectivity index (χ2n) is 5.64. The summed E-state index contributed by atoms with van der Waals surface area (Å²) >= 11 is 6.53. The minimum atomic E-state index is -3.57. The van der Waals surface area contributed by atoms with Gasteiger partial charge in [-0.2, -0.15) is 0 Å². The van der Waals surface area contributed by atoms with Crippen LogP contribution in [0.1, 0.15) is 20.8 Å². The molecular weight excluding hydrogens is 396 g/mol. The van der Waals surface area contributed by atoms with Crippen LogP contribution in [-0.4, -0.2) is 26.3 Å². The van der Waals surface area contributed by atoms with Crippen LogP contribution in [0, 0.1) is 5.41 Å². The van der Waals surface area contributed by atoms with Crippen LogP contribution >= 0.6 is 31.9 Å². The number of hydrogen-bond donors (Lipinski definition) is 1. The van der Waals surface area contributed by atoms with Crippen LogP contribution in [0.3, 0.4) is 0 Å². The van der Waals surface area contributed by atoms with Crippen LogP contribution in [0.4, 0.5) is 5.69 Å². The normalized spacial score (nSPS) is 13.0. The molecule has 0 heterocycles. The summed E-state index contributed by atoms with van der Waals surface area (Å²) in [6.07, 6.45) is 0. The topological polar surface area (TPSA) is 63.4 Å². The van der Waals surface area contributed by atoms with Gasteiger partial charge in [0.05, 0.1) is 0 Å². The molecule has 19 heavy (non-hydrogen) atoms. The number of nitrogens with two attached hydrogens (primary N) is 1. The van der Waals surface area contributed by atoms with E-state index in [1.165, 1.54) is 4.31 Å². The second kappa shape index (κ2) is 5.71. The first-order valence-electron chi connectivity index (χ1n) is 5.66. The standard InChI is InChI=1S/C12H18Br2N2O2S/c1-12(2,3)7-16(4)19(17,18)11-9(13)5-8(15)6-10(11)14/h5-6H,7,15H2,1-4H3. The molecule has 0 fully saturated rings. The Bertz CT molecular complexity index is 557. The average Bonchev–Trinajstić information content (AvgIpc) is 2.11. The van der Waals surface area contributed by atoms with Crippen molar-refractivity contribution in [1.82, 2.24) is 4.31 Å². The molecule has 0 unspecified atom stereocenters. The highest BCUT2D eigenvalue weighted by molar-refractivity contribution is 9.11. The molecule has 4 nitrogen and oxygen atoms in total. The summed E-state index contributed by atoms with van der Waals surface area (Å²) in [5.41, 5.74) is 6.06. The quantitative estimate of drug-likeness (QED) is 0.771. The third-order valence-corrected chi connectivity index (χ3v) is 6.07. The van der Waals surface area contributed by atoms with Crippen LogP contribution in [-0.2, 0) is 10.0 Å². The first-order valence-corrected chi connectivity index (χ1v) is 8.68. The largest absolute Gasteiger partial charge is 0.399 e. The molecule has 0 atom stereocenters. The molecule has 0 amide bonds. The van der Waals surface area contributed by atoms with E-state index in [0.29, 0.717) is 21.2 Å². The first-order chi connectivity index (χ1) is 8.45. The minimum absolute atomic E-state index is 0.116. The monoisotopic (exact) mass is 412 g/mol. The van der Waals surface area contributed by atoms with E-state index >= 15 is 0 Å². The summed E-state index contributed by atoms with van der Waals surface area (Å²) in [6, 6.07) is 3.17. The maximum Gasteiger partial charge on any atom is 0.245 e. The molecule has 0 aliphatic heterocycles. The number of nitrogen functional groups attached to an aromatic ring is 1. The van der Waals surface area contributed by atoms with Crippen molar-refractivity contribution in [3.63, 3.8) is 0 Å². The Morgan fingerprint density at radius 1 is 1.21 bits per heavy atom. The summed E-state index contributed by atoms with van der Waals surface area (Å²) in [6.45, 7) is 6.41. The Morgan fingerprint density at radius 3 is 2.00 bits per heavy atom. The van der Waals surface area contributed by atoms with E-state index in [1.807, 2.05) is 20.8 Å². The van der Waals surface area contributed by atoms with Gasteiger partial charge in [-0.05, 0) is 49.4 Å². The molecule has 0 aliphatic carbocycles.